The minimum atomic E-state index is -3.27. The molecule has 1 atom stereocenters. The highest BCUT2D eigenvalue weighted by Gasteiger charge is 2.27. The van der Waals surface area contributed by atoms with E-state index in [1.807, 2.05) is 36.6 Å². The average Bonchev–Trinajstić information content (AvgIpc) is 3.09. The van der Waals surface area contributed by atoms with Crippen molar-refractivity contribution in [2.24, 2.45) is 0 Å². The minimum Gasteiger partial charge on any atom is -0.374 e. The van der Waals surface area contributed by atoms with Gasteiger partial charge in [0.15, 0.2) is 0 Å². The summed E-state index contributed by atoms with van der Waals surface area (Å²) in [5.41, 5.74) is 3.22. The molecule has 4 rings (SSSR count). The van der Waals surface area contributed by atoms with E-state index in [9.17, 15) is 13.2 Å². The first-order chi connectivity index (χ1) is 13.7. The summed E-state index contributed by atoms with van der Waals surface area (Å²) in [5, 5.41) is 0.948. The summed E-state index contributed by atoms with van der Waals surface area (Å²) in [6, 6.07) is 5.92. The van der Waals surface area contributed by atoms with E-state index < -0.39 is 10.0 Å². The van der Waals surface area contributed by atoms with Crippen molar-refractivity contribution in [1.82, 2.24) is 18.8 Å². The topological polar surface area (TPSA) is 97.3 Å². The van der Waals surface area contributed by atoms with Gasteiger partial charge in [-0.3, -0.25) is 4.79 Å². The zero-order valence-electron chi connectivity index (χ0n) is 16.7. The number of nitrogens with zero attached hydrogens (tertiary/aromatic N) is 3. The predicted octanol–water partition coefficient (Wildman–Crippen LogP) is 1.67. The number of rotatable bonds is 4. The highest BCUT2D eigenvalue weighted by atomic mass is 32.2. The van der Waals surface area contributed by atoms with E-state index in [2.05, 4.69) is 9.97 Å². The zero-order valence-corrected chi connectivity index (χ0v) is 17.5. The molecule has 2 aromatic heterocycles. The molecule has 0 radical (unpaired) electrons. The minimum absolute atomic E-state index is 0.209. The fraction of sp³-hybridized carbons (Fsp3) is 0.400. The van der Waals surface area contributed by atoms with Crippen LogP contribution in [0, 0.1) is 13.8 Å². The van der Waals surface area contributed by atoms with Crippen molar-refractivity contribution in [3.05, 3.63) is 52.1 Å². The first-order valence-corrected chi connectivity index (χ1v) is 11.3. The van der Waals surface area contributed by atoms with Gasteiger partial charge in [0.1, 0.15) is 5.82 Å². The number of ether oxygens (including phenoxy) is 1. The lowest BCUT2D eigenvalue weighted by Gasteiger charge is -2.31. The first-order valence-electron chi connectivity index (χ1n) is 9.45. The molecule has 1 aliphatic heterocycles. The zero-order chi connectivity index (χ0) is 20.8. The number of fused-ring (bicyclic) bond motifs is 1. The molecule has 1 fully saturated rings. The maximum Gasteiger partial charge on any atom is 0.259 e. The van der Waals surface area contributed by atoms with Gasteiger partial charge in [0, 0.05) is 25.5 Å². The van der Waals surface area contributed by atoms with Crippen LogP contribution in [0.15, 0.2) is 35.4 Å². The van der Waals surface area contributed by atoms with Crippen LogP contribution in [-0.2, 0) is 21.3 Å². The molecule has 0 bridgehead atoms. The van der Waals surface area contributed by atoms with Crippen LogP contribution < -0.4 is 5.56 Å². The number of hydrogen-bond donors (Lipinski definition) is 1. The maximum atomic E-state index is 12.8. The fourth-order valence-electron chi connectivity index (χ4n) is 3.88. The molecular formula is C20H24N4O4S. The molecule has 9 heteroatoms. The number of benzene rings is 1. The standard InChI is InChI=1S/C20H24N4O4S/c1-13-8-14(2)18-15(9-13)10-17(20(25)22-18)19-21-4-5-23(19)11-16-12-24(6-7-28-16)29(3,26)27/h4-5,8-10,16H,6-7,11-12H2,1-3H3,(H,22,25). The number of morpholine rings is 1. The number of sulfonamides is 1. The second kappa shape index (κ2) is 7.40. The van der Waals surface area contributed by atoms with Crippen LogP contribution in [0.3, 0.4) is 0 Å². The van der Waals surface area contributed by atoms with Gasteiger partial charge in [-0.2, -0.15) is 4.31 Å². The van der Waals surface area contributed by atoms with Gasteiger partial charge < -0.3 is 14.3 Å². The number of H-pyrrole nitrogens is 1. The number of aromatic nitrogens is 3. The van der Waals surface area contributed by atoms with Gasteiger partial charge >= 0.3 is 0 Å². The summed E-state index contributed by atoms with van der Waals surface area (Å²) < 4.78 is 32.7. The number of aromatic amines is 1. The summed E-state index contributed by atoms with van der Waals surface area (Å²) in [6.07, 6.45) is 4.31. The Morgan fingerprint density at radius 1 is 1.28 bits per heavy atom. The molecule has 0 spiro atoms. The largest absolute Gasteiger partial charge is 0.374 e. The lowest BCUT2D eigenvalue weighted by atomic mass is 10.1. The van der Waals surface area contributed by atoms with E-state index in [0.29, 0.717) is 31.1 Å². The van der Waals surface area contributed by atoms with Crippen molar-refractivity contribution in [2.75, 3.05) is 26.0 Å². The predicted molar refractivity (Wildman–Crippen MR) is 111 cm³/mol. The van der Waals surface area contributed by atoms with Gasteiger partial charge in [-0.05, 0) is 36.9 Å². The van der Waals surface area contributed by atoms with Crippen LogP contribution in [0.25, 0.3) is 22.3 Å². The SMILES string of the molecule is Cc1cc(C)c2[nH]c(=O)c(-c3nccn3CC3CN(S(C)(=O)=O)CCO3)cc2c1. The van der Waals surface area contributed by atoms with Gasteiger partial charge in [0.2, 0.25) is 10.0 Å². The molecule has 0 aliphatic carbocycles. The molecule has 0 saturated carbocycles. The van der Waals surface area contributed by atoms with Crippen LogP contribution >= 0.6 is 0 Å². The maximum absolute atomic E-state index is 12.8. The van der Waals surface area contributed by atoms with E-state index in [4.69, 9.17) is 4.74 Å². The monoisotopic (exact) mass is 416 g/mol. The second-order valence-electron chi connectivity index (χ2n) is 7.58. The van der Waals surface area contributed by atoms with Gasteiger partial charge in [0.05, 0.1) is 36.6 Å². The summed E-state index contributed by atoms with van der Waals surface area (Å²) in [4.78, 5) is 20.1. The van der Waals surface area contributed by atoms with E-state index >= 15 is 0 Å². The van der Waals surface area contributed by atoms with Gasteiger partial charge in [-0.1, -0.05) is 11.6 Å². The molecule has 3 heterocycles. The number of hydrogen-bond acceptors (Lipinski definition) is 5. The van der Waals surface area contributed by atoms with E-state index in [-0.39, 0.29) is 18.2 Å². The lowest BCUT2D eigenvalue weighted by molar-refractivity contribution is -0.00979. The number of nitrogens with one attached hydrogen (secondary N) is 1. The van der Waals surface area contributed by atoms with Crippen LogP contribution in [0.1, 0.15) is 11.1 Å². The van der Waals surface area contributed by atoms with Crippen LogP contribution in [0.4, 0.5) is 0 Å². The molecule has 29 heavy (non-hydrogen) atoms. The molecule has 1 N–H and O–H groups in total. The highest BCUT2D eigenvalue weighted by Crippen LogP contribution is 2.23. The molecule has 154 valence electrons. The van der Waals surface area contributed by atoms with E-state index in [1.165, 1.54) is 10.6 Å². The molecule has 1 aromatic carbocycles. The summed E-state index contributed by atoms with van der Waals surface area (Å²) in [6.45, 7) is 5.38. The third kappa shape index (κ3) is 3.98. The molecule has 0 amide bonds. The van der Waals surface area contributed by atoms with Crippen molar-refractivity contribution in [1.29, 1.82) is 0 Å². The number of imidazole rings is 1. The smallest absolute Gasteiger partial charge is 0.259 e. The van der Waals surface area contributed by atoms with Crippen molar-refractivity contribution in [2.45, 2.75) is 26.5 Å². The van der Waals surface area contributed by atoms with Crippen molar-refractivity contribution >= 4 is 20.9 Å². The Bertz CT molecular complexity index is 1230. The molecule has 1 aliphatic rings. The summed E-state index contributed by atoms with van der Waals surface area (Å²) >= 11 is 0. The Morgan fingerprint density at radius 3 is 2.83 bits per heavy atom. The quantitative estimate of drug-likeness (QED) is 0.698. The van der Waals surface area contributed by atoms with E-state index in [0.717, 1.165) is 22.0 Å². The van der Waals surface area contributed by atoms with Gasteiger partial charge in [-0.25, -0.2) is 13.4 Å². The Hall–Kier alpha value is -2.49. The normalized spacial score (nSPS) is 18.4. The highest BCUT2D eigenvalue weighted by molar-refractivity contribution is 7.88. The second-order valence-corrected chi connectivity index (χ2v) is 9.56. The van der Waals surface area contributed by atoms with E-state index in [1.54, 1.807) is 12.4 Å². The Kier molecular flexibility index (Phi) is 5.05. The summed E-state index contributed by atoms with van der Waals surface area (Å²) in [7, 11) is -3.27. The Labute approximate surface area is 169 Å². The first kappa shape index (κ1) is 19.8. The Balaban J connectivity index is 1.68. The number of aryl methyl sites for hydroxylation is 2. The molecule has 1 unspecified atom stereocenters. The number of pyridine rings is 1. The third-order valence-corrected chi connectivity index (χ3v) is 6.49. The molecule has 1 saturated heterocycles. The fourth-order valence-corrected chi connectivity index (χ4v) is 4.72. The molecular weight excluding hydrogens is 392 g/mol. The Morgan fingerprint density at radius 2 is 2.07 bits per heavy atom. The van der Waals surface area contributed by atoms with Crippen molar-refractivity contribution in [3.8, 4) is 11.4 Å². The van der Waals surface area contributed by atoms with Gasteiger partial charge in [0.25, 0.3) is 5.56 Å². The van der Waals surface area contributed by atoms with Crippen LogP contribution in [0.5, 0.6) is 0 Å². The lowest BCUT2D eigenvalue weighted by Crippen LogP contribution is -2.46. The average molecular weight is 417 g/mol. The van der Waals surface area contributed by atoms with Crippen LogP contribution in [0.2, 0.25) is 0 Å². The summed E-state index contributed by atoms with van der Waals surface area (Å²) in [5.74, 6) is 0.535. The third-order valence-electron chi connectivity index (χ3n) is 5.22. The van der Waals surface area contributed by atoms with Crippen molar-refractivity contribution < 1.29 is 13.2 Å². The van der Waals surface area contributed by atoms with Gasteiger partial charge in [-0.15, -0.1) is 0 Å². The van der Waals surface area contributed by atoms with Crippen molar-refractivity contribution in [3.63, 3.8) is 0 Å². The van der Waals surface area contributed by atoms with Crippen LogP contribution in [-0.4, -0.2) is 59.3 Å². The molecule has 8 nitrogen and oxygen atoms in total. The molecule has 3 aromatic rings.